The molecule has 3 aliphatic rings. The first kappa shape index (κ1) is 22.5. The zero-order valence-corrected chi connectivity index (χ0v) is 19.4. The monoisotopic (exact) mass is 463 g/mol. The van der Waals surface area contributed by atoms with Crippen molar-refractivity contribution in [3.05, 3.63) is 28.2 Å². The van der Waals surface area contributed by atoms with Gasteiger partial charge < -0.3 is 15.5 Å². The van der Waals surface area contributed by atoms with E-state index in [1.165, 1.54) is 6.42 Å². The first-order valence-corrected chi connectivity index (χ1v) is 12.1. The van der Waals surface area contributed by atoms with Crippen LogP contribution in [0.2, 0.25) is 10.0 Å². The molecule has 2 amide bonds. The normalized spacial score (nSPS) is 25.5. The van der Waals surface area contributed by atoms with Crippen LogP contribution in [0.1, 0.15) is 44.9 Å². The Morgan fingerprint density at radius 1 is 1.13 bits per heavy atom. The SMILES string of the molecule is N#CC1(NC(=O)NC2CCC(CCN3CCN(c4cccc(Cl)c4Cl)CC3)CC2)CC1. The number of nitrogens with one attached hydrogen (secondary N) is 2. The van der Waals surface area contributed by atoms with Crippen molar-refractivity contribution in [2.24, 2.45) is 5.92 Å². The number of carbonyl (C=O) groups is 1. The van der Waals surface area contributed by atoms with Crippen molar-refractivity contribution in [3.8, 4) is 6.07 Å². The maximum absolute atomic E-state index is 12.1. The number of urea groups is 1. The number of anilines is 1. The number of hydrogen-bond donors (Lipinski definition) is 2. The van der Waals surface area contributed by atoms with Crippen molar-refractivity contribution in [1.82, 2.24) is 15.5 Å². The van der Waals surface area contributed by atoms with Crippen molar-refractivity contribution in [1.29, 1.82) is 5.26 Å². The minimum absolute atomic E-state index is 0.180. The van der Waals surface area contributed by atoms with Crippen LogP contribution in [0.3, 0.4) is 0 Å². The van der Waals surface area contributed by atoms with Gasteiger partial charge in [-0.15, -0.1) is 0 Å². The molecule has 1 heterocycles. The minimum Gasteiger partial charge on any atom is -0.368 e. The van der Waals surface area contributed by atoms with Crippen LogP contribution in [-0.2, 0) is 0 Å². The highest BCUT2D eigenvalue weighted by Gasteiger charge is 2.44. The topological polar surface area (TPSA) is 71.4 Å². The summed E-state index contributed by atoms with van der Waals surface area (Å²) >= 11 is 12.5. The molecule has 2 saturated carbocycles. The lowest BCUT2D eigenvalue weighted by Gasteiger charge is -2.37. The van der Waals surface area contributed by atoms with Gasteiger partial charge in [-0.25, -0.2) is 4.79 Å². The average molecular weight is 464 g/mol. The Morgan fingerprint density at radius 2 is 1.84 bits per heavy atom. The minimum atomic E-state index is -0.594. The van der Waals surface area contributed by atoms with Gasteiger partial charge in [-0.2, -0.15) is 5.26 Å². The molecule has 6 nitrogen and oxygen atoms in total. The predicted molar refractivity (Wildman–Crippen MR) is 125 cm³/mol. The molecule has 0 unspecified atom stereocenters. The summed E-state index contributed by atoms with van der Waals surface area (Å²) in [5, 5.41) is 16.3. The lowest BCUT2D eigenvalue weighted by Crippen LogP contribution is -2.48. The number of benzene rings is 1. The second kappa shape index (κ2) is 9.85. The lowest BCUT2D eigenvalue weighted by molar-refractivity contribution is 0.204. The van der Waals surface area contributed by atoms with Gasteiger partial charge in [0, 0.05) is 32.2 Å². The Kier molecular flexibility index (Phi) is 7.15. The number of halogens is 2. The lowest BCUT2D eigenvalue weighted by atomic mass is 9.84. The van der Waals surface area contributed by atoms with Crippen LogP contribution in [0.4, 0.5) is 10.5 Å². The van der Waals surface area contributed by atoms with Crippen LogP contribution in [0.15, 0.2) is 18.2 Å². The first-order chi connectivity index (χ1) is 15.0. The van der Waals surface area contributed by atoms with Crippen molar-refractivity contribution in [2.75, 3.05) is 37.6 Å². The molecule has 1 aliphatic heterocycles. The Morgan fingerprint density at radius 3 is 2.48 bits per heavy atom. The van der Waals surface area contributed by atoms with E-state index in [9.17, 15) is 4.79 Å². The Labute approximate surface area is 194 Å². The largest absolute Gasteiger partial charge is 0.368 e. The molecule has 4 rings (SSSR count). The van der Waals surface area contributed by atoms with Crippen molar-refractivity contribution in [3.63, 3.8) is 0 Å². The van der Waals surface area contributed by atoms with Crippen molar-refractivity contribution < 1.29 is 4.79 Å². The van der Waals surface area contributed by atoms with Crippen molar-refractivity contribution in [2.45, 2.75) is 56.5 Å². The number of amides is 2. The summed E-state index contributed by atoms with van der Waals surface area (Å²) in [5.74, 6) is 0.732. The van der Waals surface area contributed by atoms with Crippen LogP contribution < -0.4 is 15.5 Å². The van der Waals surface area contributed by atoms with Crippen LogP contribution in [-0.4, -0.2) is 55.2 Å². The summed E-state index contributed by atoms with van der Waals surface area (Å²) < 4.78 is 0. The highest BCUT2D eigenvalue weighted by Crippen LogP contribution is 2.35. The molecule has 0 atom stereocenters. The standard InChI is InChI=1S/C23H31Cl2N5O/c24-19-2-1-3-20(21(19)25)30-14-12-29(13-15-30)11-8-17-4-6-18(7-5-17)27-22(31)28-23(16-26)9-10-23/h1-3,17-18H,4-15H2,(H2,27,28,31). The van der Waals surface area contributed by atoms with Gasteiger partial charge in [-0.3, -0.25) is 4.90 Å². The maximum atomic E-state index is 12.1. The maximum Gasteiger partial charge on any atom is 0.316 e. The van der Waals surface area contributed by atoms with E-state index < -0.39 is 5.54 Å². The molecule has 2 N–H and O–H groups in total. The van der Waals surface area contributed by atoms with E-state index in [4.69, 9.17) is 28.5 Å². The summed E-state index contributed by atoms with van der Waals surface area (Å²) in [6.07, 6.45) is 7.12. The van der Waals surface area contributed by atoms with Crippen LogP contribution in [0.25, 0.3) is 0 Å². The van der Waals surface area contributed by atoms with E-state index >= 15 is 0 Å². The first-order valence-electron chi connectivity index (χ1n) is 11.4. The fourth-order valence-electron chi connectivity index (χ4n) is 4.74. The van der Waals surface area contributed by atoms with Gasteiger partial charge in [-0.05, 0) is 69.5 Å². The summed E-state index contributed by atoms with van der Waals surface area (Å²) in [6, 6.07) is 8.08. The highest BCUT2D eigenvalue weighted by molar-refractivity contribution is 6.43. The quantitative estimate of drug-likeness (QED) is 0.654. The van der Waals surface area contributed by atoms with E-state index in [2.05, 4.69) is 26.5 Å². The van der Waals surface area contributed by atoms with E-state index in [1.54, 1.807) is 0 Å². The molecule has 168 valence electrons. The van der Waals surface area contributed by atoms with E-state index in [-0.39, 0.29) is 12.1 Å². The third-order valence-corrected chi connectivity index (χ3v) is 7.81. The summed E-state index contributed by atoms with van der Waals surface area (Å²) in [7, 11) is 0. The smallest absolute Gasteiger partial charge is 0.316 e. The second-order valence-electron chi connectivity index (χ2n) is 9.20. The molecular formula is C23H31Cl2N5O. The fraction of sp³-hybridized carbons (Fsp3) is 0.652. The molecule has 8 heteroatoms. The van der Waals surface area contributed by atoms with Gasteiger partial charge in [0.05, 0.1) is 21.8 Å². The average Bonchev–Trinajstić information content (AvgIpc) is 3.55. The van der Waals surface area contributed by atoms with Gasteiger partial charge >= 0.3 is 6.03 Å². The number of piperazine rings is 1. The molecule has 0 radical (unpaired) electrons. The fourth-order valence-corrected chi connectivity index (χ4v) is 5.15. The third kappa shape index (κ3) is 5.77. The Hall–Kier alpha value is -1.68. The van der Waals surface area contributed by atoms with Crippen molar-refractivity contribution >= 4 is 34.9 Å². The van der Waals surface area contributed by atoms with E-state index in [1.807, 2.05) is 18.2 Å². The summed E-state index contributed by atoms with van der Waals surface area (Å²) in [4.78, 5) is 17.0. The van der Waals surface area contributed by atoms with E-state index in [0.717, 1.165) is 82.9 Å². The van der Waals surface area contributed by atoms with E-state index in [0.29, 0.717) is 10.0 Å². The number of rotatable bonds is 6. The molecular weight excluding hydrogens is 433 g/mol. The molecule has 0 aromatic heterocycles. The molecule has 1 aromatic rings. The zero-order valence-electron chi connectivity index (χ0n) is 17.9. The highest BCUT2D eigenvalue weighted by atomic mass is 35.5. The molecule has 1 saturated heterocycles. The molecule has 1 aromatic carbocycles. The molecule has 3 fully saturated rings. The van der Waals surface area contributed by atoms with Gasteiger partial charge in [-0.1, -0.05) is 29.3 Å². The molecule has 2 aliphatic carbocycles. The van der Waals surface area contributed by atoms with Gasteiger partial charge in [0.2, 0.25) is 0 Å². The van der Waals surface area contributed by atoms with Gasteiger partial charge in [0.1, 0.15) is 5.54 Å². The molecule has 0 spiro atoms. The van der Waals surface area contributed by atoms with Crippen LogP contribution in [0, 0.1) is 17.2 Å². The zero-order chi connectivity index (χ0) is 21.8. The summed E-state index contributed by atoms with van der Waals surface area (Å²) in [5.41, 5.74) is 0.440. The number of carbonyl (C=O) groups excluding carboxylic acids is 1. The number of hydrogen-bond acceptors (Lipinski definition) is 4. The predicted octanol–water partition coefficient (Wildman–Crippen LogP) is 4.42. The van der Waals surface area contributed by atoms with Gasteiger partial charge in [0.15, 0.2) is 0 Å². The summed E-state index contributed by atoms with van der Waals surface area (Å²) in [6.45, 7) is 5.15. The van der Waals surface area contributed by atoms with Gasteiger partial charge in [0.25, 0.3) is 0 Å². The Balaban J connectivity index is 1.13. The Bertz CT molecular complexity index is 822. The molecule has 0 bridgehead atoms. The third-order valence-electron chi connectivity index (χ3n) is 7.00. The van der Waals surface area contributed by atoms with Crippen LogP contribution in [0.5, 0.6) is 0 Å². The molecule has 31 heavy (non-hydrogen) atoms. The van der Waals surface area contributed by atoms with Crippen LogP contribution >= 0.6 is 23.2 Å². The second-order valence-corrected chi connectivity index (χ2v) is 9.99. The number of nitrogens with zero attached hydrogens (tertiary/aromatic N) is 3. The number of nitriles is 1.